The minimum absolute atomic E-state index is 0.140. The largest absolute Gasteiger partial charge is 0.391 e. The molecular weight excluding hydrogens is 238 g/mol. The van der Waals surface area contributed by atoms with Gasteiger partial charge in [0.2, 0.25) is 10.0 Å². The molecule has 1 aromatic rings. The SMILES string of the molecule is C=CCS(=O)(=O)N[C@H]1c2ccccc2C[C@H]1O. The number of aliphatic hydroxyl groups is 1. The van der Waals surface area contributed by atoms with Gasteiger partial charge >= 0.3 is 0 Å². The zero-order valence-corrected chi connectivity index (χ0v) is 10.2. The third kappa shape index (κ3) is 2.57. The van der Waals surface area contributed by atoms with Gasteiger partial charge in [-0.05, 0) is 11.1 Å². The zero-order valence-electron chi connectivity index (χ0n) is 9.33. The van der Waals surface area contributed by atoms with E-state index in [9.17, 15) is 13.5 Å². The molecule has 92 valence electrons. The van der Waals surface area contributed by atoms with Gasteiger partial charge in [-0.3, -0.25) is 0 Å². The Hall–Kier alpha value is -1.17. The second-order valence-corrected chi connectivity index (χ2v) is 5.93. The van der Waals surface area contributed by atoms with E-state index < -0.39 is 22.2 Å². The van der Waals surface area contributed by atoms with Crippen molar-refractivity contribution in [3.63, 3.8) is 0 Å². The van der Waals surface area contributed by atoms with Crippen molar-refractivity contribution in [2.45, 2.75) is 18.6 Å². The highest BCUT2D eigenvalue weighted by atomic mass is 32.2. The van der Waals surface area contributed by atoms with Crippen molar-refractivity contribution in [2.75, 3.05) is 5.75 Å². The number of hydrogen-bond donors (Lipinski definition) is 2. The van der Waals surface area contributed by atoms with Crippen molar-refractivity contribution in [1.29, 1.82) is 0 Å². The Bertz CT molecular complexity index is 524. The van der Waals surface area contributed by atoms with Gasteiger partial charge in [-0.25, -0.2) is 13.1 Å². The van der Waals surface area contributed by atoms with Crippen molar-refractivity contribution in [1.82, 2.24) is 4.72 Å². The minimum Gasteiger partial charge on any atom is -0.391 e. The summed E-state index contributed by atoms with van der Waals surface area (Å²) in [6.45, 7) is 3.40. The molecular formula is C12H15NO3S. The first-order valence-corrected chi connectivity index (χ1v) is 7.05. The maximum absolute atomic E-state index is 11.6. The third-order valence-corrected chi connectivity index (χ3v) is 4.14. The average molecular weight is 253 g/mol. The Morgan fingerprint density at radius 3 is 2.88 bits per heavy atom. The number of sulfonamides is 1. The van der Waals surface area contributed by atoms with Crippen molar-refractivity contribution in [3.05, 3.63) is 48.0 Å². The molecule has 17 heavy (non-hydrogen) atoms. The molecule has 0 saturated carbocycles. The molecule has 0 unspecified atom stereocenters. The Labute approximate surface area is 101 Å². The van der Waals surface area contributed by atoms with E-state index in [1.165, 1.54) is 6.08 Å². The molecule has 0 bridgehead atoms. The van der Waals surface area contributed by atoms with Gasteiger partial charge < -0.3 is 5.11 Å². The first-order valence-electron chi connectivity index (χ1n) is 5.40. The van der Waals surface area contributed by atoms with Crippen LogP contribution >= 0.6 is 0 Å². The second-order valence-electron chi connectivity index (χ2n) is 4.14. The summed E-state index contributed by atoms with van der Waals surface area (Å²) in [5, 5.41) is 9.89. The van der Waals surface area contributed by atoms with Gasteiger partial charge in [-0.1, -0.05) is 30.3 Å². The van der Waals surface area contributed by atoms with Gasteiger partial charge in [-0.2, -0.15) is 0 Å². The molecule has 2 rings (SSSR count). The number of aliphatic hydroxyl groups excluding tert-OH is 1. The zero-order chi connectivity index (χ0) is 12.5. The lowest BCUT2D eigenvalue weighted by Gasteiger charge is -2.17. The summed E-state index contributed by atoms with van der Waals surface area (Å²) in [5.74, 6) is -0.140. The van der Waals surface area contributed by atoms with E-state index in [0.29, 0.717) is 6.42 Å². The fourth-order valence-corrected chi connectivity index (χ4v) is 3.19. The quantitative estimate of drug-likeness (QED) is 0.778. The fourth-order valence-electron chi connectivity index (χ4n) is 2.11. The molecule has 0 radical (unpaired) electrons. The number of benzene rings is 1. The third-order valence-electron chi connectivity index (χ3n) is 2.85. The normalized spacial score (nSPS) is 23.4. The molecule has 1 aliphatic carbocycles. The molecule has 0 fully saturated rings. The first kappa shape index (κ1) is 12.3. The highest BCUT2D eigenvalue weighted by Gasteiger charge is 2.33. The lowest BCUT2D eigenvalue weighted by atomic mass is 10.1. The lowest BCUT2D eigenvalue weighted by Crippen LogP contribution is -2.34. The van der Waals surface area contributed by atoms with E-state index >= 15 is 0 Å². The second kappa shape index (κ2) is 4.60. The Morgan fingerprint density at radius 2 is 2.18 bits per heavy atom. The fraction of sp³-hybridized carbons (Fsp3) is 0.333. The predicted octanol–water partition coefficient (Wildman–Crippen LogP) is 0.750. The van der Waals surface area contributed by atoms with Crippen LogP contribution in [0.1, 0.15) is 17.2 Å². The molecule has 0 aliphatic heterocycles. The molecule has 1 aliphatic rings. The van der Waals surface area contributed by atoms with Gasteiger partial charge in [-0.15, -0.1) is 6.58 Å². The van der Waals surface area contributed by atoms with Crippen LogP contribution in [0.2, 0.25) is 0 Å². The Balaban J connectivity index is 2.25. The number of fused-ring (bicyclic) bond motifs is 1. The van der Waals surface area contributed by atoms with Crippen LogP contribution in [0.4, 0.5) is 0 Å². The summed E-state index contributed by atoms with van der Waals surface area (Å²) in [6.07, 6.45) is 1.11. The van der Waals surface area contributed by atoms with E-state index in [1.807, 2.05) is 24.3 Å². The number of hydrogen-bond acceptors (Lipinski definition) is 3. The molecule has 0 saturated heterocycles. The van der Waals surface area contributed by atoms with Gasteiger partial charge in [0, 0.05) is 6.42 Å². The molecule has 0 heterocycles. The van der Waals surface area contributed by atoms with Gasteiger partial charge in [0.1, 0.15) is 0 Å². The topological polar surface area (TPSA) is 66.4 Å². The van der Waals surface area contributed by atoms with Crippen molar-refractivity contribution < 1.29 is 13.5 Å². The van der Waals surface area contributed by atoms with E-state index in [4.69, 9.17) is 0 Å². The maximum Gasteiger partial charge on any atom is 0.215 e. The van der Waals surface area contributed by atoms with Crippen LogP contribution in [0.3, 0.4) is 0 Å². The number of rotatable bonds is 4. The lowest BCUT2D eigenvalue weighted by molar-refractivity contribution is 0.151. The molecule has 4 nitrogen and oxygen atoms in total. The summed E-state index contributed by atoms with van der Waals surface area (Å²) in [7, 11) is -3.42. The van der Waals surface area contributed by atoms with Crippen LogP contribution < -0.4 is 4.72 Å². The van der Waals surface area contributed by atoms with Gasteiger partial charge in [0.05, 0.1) is 17.9 Å². The molecule has 0 spiro atoms. The summed E-state index contributed by atoms with van der Waals surface area (Å²) in [5.41, 5.74) is 1.85. The van der Waals surface area contributed by atoms with Gasteiger partial charge in [0.25, 0.3) is 0 Å². The Kier molecular flexibility index (Phi) is 3.33. The van der Waals surface area contributed by atoms with Crippen molar-refractivity contribution in [2.24, 2.45) is 0 Å². The number of nitrogens with one attached hydrogen (secondary N) is 1. The Morgan fingerprint density at radius 1 is 1.47 bits per heavy atom. The highest BCUT2D eigenvalue weighted by Crippen LogP contribution is 2.31. The van der Waals surface area contributed by atoms with E-state index in [-0.39, 0.29) is 5.75 Å². The molecule has 5 heteroatoms. The maximum atomic E-state index is 11.6. The van der Waals surface area contributed by atoms with E-state index in [2.05, 4.69) is 11.3 Å². The van der Waals surface area contributed by atoms with Crippen LogP contribution in [0.15, 0.2) is 36.9 Å². The molecule has 1 aromatic carbocycles. The summed E-state index contributed by atoms with van der Waals surface area (Å²) in [4.78, 5) is 0. The molecule has 2 atom stereocenters. The highest BCUT2D eigenvalue weighted by molar-refractivity contribution is 7.89. The molecule has 0 amide bonds. The van der Waals surface area contributed by atoms with E-state index in [0.717, 1.165) is 11.1 Å². The predicted molar refractivity (Wildman–Crippen MR) is 66.0 cm³/mol. The van der Waals surface area contributed by atoms with Crippen molar-refractivity contribution >= 4 is 10.0 Å². The summed E-state index contributed by atoms with van der Waals surface area (Å²) in [6, 6.07) is 6.92. The van der Waals surface area contributed by atoms with Crippen LogP contribution in [0.5, 0.6) is 0 Å². The minimum atomic E-state index is -3.42. The summed E-state index contributed by atoms with van der Waals surface area (Å²) < 4.78 is 25.8. The molecule has 0 aromatic heterocycles. The van der Waals surface area contributed by atoms with Crippen LogP contribution in [0.25, 0.3) is 0 Å². The first-order chi connectivity index (χ1) is 8.03. The van der Waals surface area contributed by atoms with Crippen molar-refractivity contribution in [3.8, 4) is 0 Å². The van der Waals surface area contributed by atoms with Crippen LogP contribution in [-0.4, -0.2) is 25.4 Å². The standard InChI is InChI=1S/C12H15NO3S/c1-2-7-17(15,16)13-12-10-6-4-3-5-9(10)8-11(12)14/h2-6,11-14H,1,7-8H2/t11-,12+/m1/s1. The van der Waals surface area contributed by atoms with E-state index in [1.54, 1.807) is 0 Å². The summed E-state index contributed by atoms with van der Waals surface area (Å²) >= 11 is 0. The smallest absolute Gasteiger partial charge is 0.215 e. The van der Waals surface area contributed by atoms with Crippen LogP contribution in [0, 0.1) is 0 Å². The monoisotopic (exact) mass is 253 g/mol. The van der Waals surface area contributed by atoms with Crippen LogP contribution in [-0.2, 0) is 16.4 Å². The molecule has 2 N–H and O–H groups in total. The van der Waals surface area contributed by atoms with Gasteiger partial charge in [0.15, 0.2) is 0 Å². The average Bonchev–Trinajstić information content (AvgIpc) is 2.55.